The van der Waals surface area contributed by atoms with Gasteiger partial charge >= 0.3 is 5.97 Å². The molecule has 1 saturated heterocycles. The van der Waals surface area contributed by atoms with Gasteiger partial charge in [-0.15, -0.1) is 11.3 Å². The quantitative estimate of drug-likeness (QED) is 0.816. The van der Waals surface area contributed by atoms with Gasteiger partial charge in [-0.3, -0.25) is 0 Å². The Morgan fingerprint density at radius 2 is 2.30 bits per heavy atom. The molecule has 0 aromatic carbocycles. The van der Waals surface area contributed by atoms with Gasteiger partial charge in [0.05, 0.1) is 14.2 Å². The second-order valence-corrected chi connectivity index (χ2v) is 5.81. The van der Waals surface area contributed by atoms with Crippen LogP contribution >= 0.6 is 11.3 Å². The highest BCUT2D eigenvalue weighted by Crippen LogP contribution is 2.46. The molecule has 0 bridgehead atoms. The number of carbonyl (C=O) groups excluding carboxylic acids is 1. The van der Waals surface area contributed by atoms with Crippen LogP contribution in [0.25, 0.3) is 0 Å². The maximum Gasteiger partial charge on any atom is 0.350 e. The van der Waals surface area contributed by atoms with E-state index in [4.69, 9.17) is 15.2 Å². The van der Waals surface area contributed by atoms with Gasteiger partial charge in [0, 0.05) is 19.7 Å². The molecule has 0 amide bonds. The first kappa shape index (κ1) is 14.9. The third-order valence-corrected chi connectivity index (χ3v) is 4.75. The van der Waals surface area contributed by atoms with Crippen molar-refractivity contribution in [3.05, 3.63) is 4.88 Å². The number of nitrogens with zero attached hydrogens (tertiary/aromatic N) is 1. The van der Waals surface area contributed by atoms with E-state index in [2.05, 4.69) is 4.90 Å². The van der Waals surface area contributed by atoms with E-state index in [-0.39, 0.29) is 12.5 Å². The first-order valence-electron chi connectivity index (χ1n) is 6.52. The Hall–Kier alpha value is -1.47. The first-order valence-corrected chi connectivity index (χ1v) is 7.34. The molecule has 1 unspecified atom stereocenters. The van der Waals surface area contributed by atoms with E-state index in [1.54, 1.807) is 0 Å². The van der Waals surface area contributed by atoms with Gasteiger partial charge in [0.1, 0.15) is 15.6 Å². The number of aliphatic hydroxyl groups excluding tert-OH is 1. The van der Waals surface area contributed by atoms with Crippen LogP contribution in [-0.2, 0) is 4.74 Å². The van der Waals surface area contributed by atoms with Gasteiger partial charge in [-0.25, -0.2) is 4.79 Å². The molecule has 0 radical (unpaired) electrons. The minimum absolute atomic E-state index is 0.170. The fourth-order valence-electron chi connectivity index (χ4n) is 2.46. The number of thiophene rings is 1. The SMILES string of the molecule is COC(=O)c1sc(N2CCCC(CO)C2)c(OC)c1N. The second-order valence-electron chi connectivity index (χ2n) is 4.81. The molecule has 1 atom stereocenters. The predicted molar refractivity (Wildman–Crippen MR) is 78.6 cm³/mol. The number of nitrogen functional groups attached to an aromatic ring is 1. The summed E-state index contributed by atoms with van der Waals surface area (Å²) in [6, 6.07) is 0. The summed E-state index contributed by atoms with van der Waals surface area (Å²) in [5.74, 6) is 0.320. The van der Waals surface area contributed by atoms with Gasteiger partial charge in [-0.1, -0.05) is 0 Å². The zero-order chi connectivity index (χ0) is 14.7. The zero-order valence-electron chi connectivity index (χ0n) is 11.7. The Bertz CT molecular complexity index is 489. The van der Waals surface area contributed by atoms with Crippen molar-refractivity contribution in [2.75, 3.05) is 44.5 Å². The van der Waals surface area contributed by atoms with Crippen LogP contribution in [0.3, 0.4) is 0 Å². The minimum Gasteiger partial charge on any atom is -0.492 e. The van der Waals surface area contributed by atoms with Gasteiger partial charge < -0.3 is 25.2 Å². The number of hydrogen-bond acceptors (Lipinski definition) is 7. The van der Waals surface area contributed by atoms with Crippen molar-refractivity contribution in [3.8, 4) is 5.75 Å². The number of methoxy groups -OCH3 is 2. The molecule has 1 aliphatic rings. The minimum atomic E-state index is -0.451. The molecule has 20 heavy (non-hydrogen) atoms. The average molecular weight is 300 g/mol. The fourth-order valence-corrected chi connectivity index (χ4v) is 3.61. The van der Waals surface area contributed by atoms with Crippen LogP contribution in [-0.4, -0.2) is 45.0 Å². The number of anilines is 2. The first-order chi connectivity index (χ1) is 9.62. The van der Waals surface area contributed by atoms with E-state index in [0.717, 1.165) is 30.9 Å². The largest absolute Gasteiger partial charge is 0.492 e. The van der Waals surface area contributed by atoms with E-state index in [9.17, 15) is 9.90 Å². The van der Waals surface area contributed by atoms with Crippen LogP contribution in [0.15, 0.2) is 0 Å². The molecule has 1 aromatic rings. The summed E-state index contributed by atoms with van der Waals surface area (Å²) in [6.07, 6.45) is 2.01. The van der Waals surface area contributed by atoms with Crippen molar-refractivity contribution in [2.24, 2.45) is 5.92 Å². The van der Waals surface area contributed by atoms with Crippen LogP contribution in [0.4, 0.5) is 10.7 Å². The number of aliphatic hydroxyl groups is 1. The van der Waals surface area contributed by atoms with E-state index in [1.807, 2.05) is 0 Å². The summed E-state index contributed by atoms with van der Waals surface area (Å²) in [5, 5.41) is 10.2. The molecule has 0 saturated carbocycles. The lowest BCUT2D eigenvalue weighted by atomic mass is 9.99. The van der Waals surface area contributed by atoms with Gasteiger partial charge in [0.25, 0.3) is 0 Å². The van der Waals surface area contributed by atoms with Crippen LogP contribution in [0.5, 0.6) is 5.75 Å². The molecular weight excluding hydrogens is 280 g/mol. The normalized spacial score (nSPS) is 18.9. The molecule has 1 aromatic heterocycles. The number of ether oxygens (including phenoxy) is 2. The van der Waals surface area contributed by atoms with Crippen molar-refractivity contribution < 1.29 is 19.4 Å². The maximum absolute atomic E-state index is 11.7. The molecule has 2 heterocycles. The summed E-state index contributed by atoms with van der Waals surface area (Å²) < 4.78 is 10.1. The standard InChI is InChI=1S/C13H20N2O4S/c1-18-10-9(14)11(13(17)19-2)20-12(10)15-5-3-4-8(6-15)7-16/h8,16H,3-7,14H2,1-2H3. The Morgan fingerprint density at radius 3 is 2.90 bits per heavy atom. The van der Waals surface area contributed by atoms with E-state index in [0.29, 0.717) is 16.3 Å². The number of esters is 1. The zero-order valence-corrected chi connectivity index (χ0v) is 12.5. The van der Waals surface area contributed by atoms with Crippen molar-refractivity contribution >= 4 is 28.0 Å². The van der Waals surface area contributed by atoms with E-state index in [1.165, 1.54) is 25.6 Å². The molecule has 0 spiro atoms. The van der Waals surface area contributed by atoms with Gasteiger partial charge in [-0.05, 0) is 18.8 Å². The molecule has 1 fully saturated rings. The molecule has 2 rings (SSSR count). The number of nitrogens with two attached hydrogens (primary N) is 1. The smallest absolute Gasteiger partial charge is 0.350 e. The van der Waals surface area contributed by atoms with Crippen LogP contribution in [0.1, 0.15) is 22.5 Å². The van der Waals surface area contributed by atoms with E-state index >= 15 is 0 Å². The topological polar surface area (TPSA) is 85.0 Å². The molecule has 3 N–H and O–H groups in total. The number of hydrogen-bond donors (Lipinski definition) is 2. The van der Waals surface area contributed by atoms with Gasteiger partial charge in [0.2, 0.25) is 0 Å². The molecule has 1 aliphatic heterocycles. The third-order valence-electron chi connectivity index (χ3n) is 3.52. The van der Waals surface area contributed by atoms with Crippen molar-refractivity contribution in [2.45, 2.75) is 12.8 Å². The Balaban J connectivity index is 2.33. The number of rotatable bonds is 4. The number of piperidine rings is 1. The fraction of sp³-hybridized carbons (Fsp3) is 0.615. The Labute approximate surface area is 122 Å². The summed E-state index contributed by atoms with van der Waals surface area (Å²) in [5.41, 5.74) is 6.30. The lowest BCUT2D eigenvalue weighted by Gasteiger charge is -2.32. The molecule has 7 heteroatoms. The van der Waals surface area contributed by atoms with Crippen molar-refractivity contribution in [3.63, 3.8) is 0 Å². The van der Waals surface area contributed by atoms with Crippen molar-refractivity contribution in [1.82, 2.24) is 0 Å². The summed E-state index contributed by atoms with van der Waals surface area (Å²) in [6.45, 7) is 1.78. The molecule has 6 nitrogen and oxygen atoms in total. The number of carbonyl (C=O) groups is 1. The average Bonchev–Trinajstić information content (AvgIpc) is 2.83. The highest BCUT2D eigenvalue weighted by Gasteiger charge is 2.28. The highest BCUT2D eigenvalue weighted by molar-refractivity contribution is 7.19. The second kappa shape index (κ2) is 6.32. The Morgan fingerprint density at radius 1 is 1.55 bits per heavy atom. The predicted octanol–water partition coefficient (Wildman–Crippen LogP) is 1.33. The summed E-state index contributed by atoms with van der Waals surface area (Å²) >= 11 is 1.28. The van der Waals surface area contributed by atoms with Crippen LogP contribution in [0.2, 0.25) is 0 Å². The van der Waals surface area contributed by atoms with Gasteiger partial charge in [-0.2, -0.15) is 0 Å². The Kier molecular flexibility index (Phi) is 4.72. The molecule has 112 valence electrons. The monoisotopic (exact) mass is 300 g/mol. The van der Waals surface area contributed by atoms with Crippen LogP contribution in [0, 0.1) is 5.92 Å². The van der Waals surface area contributed by atoms with E-state index < -0.39 is 5.97 Å². The summed E-state index contributed by atoms with van der Waals surface area (Å²) in [4.78, 5) is 14.2. The lowest BCUT2D eigenvalue weighted by molar-refractivity contribution is 0.0607. The van der Waals surface area contributed by atoms with Gasteiger partial charge in [0.15, 0.2) is 5.75 Å². The van der Waals surface area contributed by atoms with Crippen LogP contribution < -0.4 is 15.4 Å². The highest BCUT2D eigenvalue weighted by atomic mass is 32.1. The van der Waals surface area contributed by atoms with Crippen molar-refractivity contribution in [1.29, 1.82) is 0 Å². The maximum atomic E-state index is 11.7. The molecular formula is C13H20N2O4S. The lowest BCUT2D eigenvalue weighted by Crippen LogP contribution is -2.36. The third kappa shape index (κ3) is 2.69. The summed E-state index contributed by atoms with van der Waals surface area (Å²) in [7, 11) is 2.87. The molecule has 0 aliphatic carbocycles.